The number of hydrogen-bond donors (Lipinski definition) is 0. The molecule has 0 spiro atoms. The van der Waals surface area contributed by atoms with Gasteiger partial charge in [-0.2, -0.15) is 0 Å². The van der Waals surface area contributed by atoms with Crippen molar-refractivity contribution in [3.05, 3.63) is 35.4 Å². The molecule has 0 aliphatic rings. The van der Waals surface area contributed by atoms with Gasteiger partial charge in [0.1, 0.15) is 13.2 Å². The van der Waals surface area contributed by atoms with Crippen molar-refractivity contribution in [2.24, 2.45) is 5.41 Å². The molecule has 0 saturated heterocycles. The standard InChI is InChI=1S/C20H31NO4/c1-6-18(22)25-15-17-10-8-7-9-16(17)11-12-20(2,3)19(23)24-14-13-21(4)5/h7-10H,6,11-15H2,1-5H3. The second-order valence-electron chi connectivity index (χ2n) is 7.11. The molecule has 25 heavy (non-hydrogen) atoms. The predicted molar refractivity (Wildman–Crippen MR) is 98.1 cm³/mol. The topological polar surface area (TPSA) is 55.8 Å². The largest absolute Gasteiger partial charge is 0.464 e. The molecule has 1 rings (SSSR count). The maximum absolute atomic E-state index is 12.3. The SMILES string of the molecule is CCC(=O)OCc1ccccc1CCC(C)(C)C(=O)OCCN(C)C. The van der Waals surface area contributed by atoms with Crippen LogP contribution in [0.25, 0.3) is 0 Å². The van der Waals surface area contributed by atoms with E-state index in [1.807, 2.05) is 57.1 Å². The van der Waals surface area contributed by atoms with E-state index >= 15 is 0 Å². The molecule has 0 saturated carbocycles. The number of nitrogens with zero attached hydrogens (tertiary/aromatic N) is 1. The molecule has 0 bridgehead atoms. The summed E-state index contributed by atoms with van der Waals surface area (Å²) in [6.07, 6.45) is 1.77. The minimum Gasteiger partial charge on any atom is -0.464 e. The second-order valence-corrected chi connectivity index (χ2v) is 7.11. The van der Waals surface area contributed by atoms with Gasteiger partial charge in [0.05, 0.1) is 5.41 Å². The number of likely N-dealkylation sites (N-methyl/N-ethyl adjacent to an activating group) is 1. The van der Waals surface area contributed by atoms with Crippen LogP contribution in [0.15, 0.2) is 24.3 Å². The van der Waals surface area contributed by atoms with Crippen molar-refractivity contribution in [2.45, 2.75) is 46.6 Å². The molecule has 0 unspecified atom stereocenters. The fourth-order valence-electron chi connectivity index (χ4n) is 2.27. The molecule has 0 atom stereocenters. The zero-order valence-electron chi connectivity index (χ0n) is 16.1. The normalized spacial score (nSPS) is 11.4. The number of aryl methyl sites for hydroxylation is 1. The lowest BCUT2D eigenvalue weighted by Crippen LogP contribution is -2.30. The van der Waals surface area contributed by atoms with Crippen LogP contribution in [0.4, 0.5) is 0 Å². The Bertz CT molecular complexity index is 567. The van der Waals surface area contributed by atoms with Gasteiger partial charge >= 0.3 is 11.9 Å². The van der Waals surface area contributed by atoms with Crippen molar-refractivity contribution < 1.29 is 19.1 Å². The predicted octanol–water partition coefficient (Wildman–Crippen LogP) is 3.20. The first-order valence-corrected chi connectivity index (χ1v) is 8.80. The van der Waals surface area contributed by atoms with Crippen molar-refractivity contribution in [3.63, 3.8) is 0 Å². The lowest BCUT2D eigenvalue weighted by molar-refractivity contribution is -0.154. The Morgan fingerprint density at radius 1 is 1.08 bits per heavy atom. The Kier molecular flexibility index (Phi) is 8.62. The van der Waals surface area contributed by atoms with Gasteiger partial charge in [0.2, 0.25) is 0 Å². The van der Waals surface area contributed by atoms with E-state index in [9.17, 15) is 9.59 Å². The molecule has 5 heteroatoms. The fourth-order valence-corrected chi connectivity index (χ4v) is 2.27. The number of ether oxygens (including phenoxy) is 2. The van der Waals surface area contributed by atoms with Crippen LogP contribution in [-0.2, 0) is 32.1 Å². The molecular weight excluding hydrogens is 318 g/mol. The number of carbonyl (C=O) groups excluding carboxylic acids is 2. The van der Waals surface area contributed by atoms with E-state index in [1.165, 1.54) is 0 Å². The number of benzene rings is 1. The Hall–Kier alpha value is -1.88. The van der Waals surface area contributed by atoms with Crippen LogP contribution in [0.5, 0.6) is 0 Å². The molecule has 0 aliphatic heterocycles. The highest BCUT2D eigenvalue weighted by atomic mass is 16.5. The van der Waals surface area contributed by atoms with Gasteiger partial charge in [0.25, 0.3) is 0 Å². The molecule has 0 aliphatic carbocycles. The summed E-state index contributed by atoms with van der Waals surface area (Å²) in [5, 5.41) is 0. The Morgan fingerprint density at radius 2 is 1.72 bits per heavy atom. The van der Waals surface area contributed by atoms with Gasteiger partial charge in [-0.05, 0) is 51.9 Å². The van der Waals surface area contributed by atoms with E-state index in [2.05, 4.69) is 0 Å². The molecule has 0 N–H and O–H groups in total. The van der Waals surface area contributed by atoms with Crippen LogP contribution in [0.1, 0.15) is 44.7 Å². The van der Waals surface area contributed by atoms with E-state index in [1.54, 1.807) is 6.92 Å². The lowest BCUT2D eigenvalue weighted by Gasteiger charge is -2.23. The highest BCUT2D eigenvalue weighted by molar-refractivity contribution is 5.75. The van der Waals surface area contributed by atoms with Crippen LogP contribution in [0.2, 0.25) is 0 Å². The summed E-state index contributed by atoms with van der Waals surface area (Å²) in [5.74, 6) is -0.385. The van der Waals surface area contributed by atoms with Crippen molar-refractivity contribution in [2.75, 3.05) is 27.2 Å². The number of hydrogen-bond acceptors (Lipinski definition) is 5. The zero-order valence-corrected chi connectivity index (χ0v) is 16.1. The maximum atomic E-state index is 12.3. The maximum Gasteiger partial charge on any atom is 0.311 e. The summed E-state index contributed by atoms with van der Waals surface area (Å²) in [6, 6.07) is 7.87. The third-order valence-corrected chi connectivity index (χ3v) is 4.14. The highest BCUT2D eigenvalue weighted by Crippen LogP contribution is 2.26. The summed E-state index contributed by atoms with van der Waals surface area (Å²) in [5.41, 5.74) is 1.53. The zero-order chi connectivity index (χ0) is 18.9. The molecule has 0 heterocycles. The van der Waals surface area contributed by atoms with E-state index in [0.29, 0.717) is 26.0 Å². The van der Waals surface area contributed by atoms with Crippen molar-refractivity contribution in [3.8, 4) is 0 Å². The first-order chi connectivity index (χ1) is 11.8. The minimum absolute atomic E-state index is 0.177. The summed E-state index contributed by atoms with van der Waals surface area (Å²) in [7, 11) is 3.89. The molecule has 140 valence electrons. The Morgan fingerprint density at radius 3 is 2.32 bits per heavy atom. The van der Waals surface area contributed by atoms with Gasteiger partial charge < -0.3 is 14.4 Å². The van der Waals surface area contributed by atoms with E-state index in [0.717, 1.165) is 17.5 Å². The van der Waals surface area contributed by atoms with Gasteiger partial charge in [-0.15, -0.1) is 0 Å². The summed E-state index contributed by atoms with van der Waals surface area (Å²) >= 11 is 0. The van der Waals surface area contributed by atoms with Gasteiger partial charge in [-0.3, -0.25) is 9.59 Å². The Balaban J connectivity index is 2.60. The molecule has 1 aromatic carbocycles. The first kappa shape index (κ1) is 21.2. The van der Waals surface area contributed by atoms with Gasteiger partial charge in [-0.1, -0.05) is 31.2 Å². The van der Waals surface area contributed by atoms with Crippen molar-refractivity contribution in [1.29, 1.82) is 0 Å². The van der Waals surface area contributed by atoms with Crippen molar-refractivity contribution >= 4 is 11.9 Å². The third-order valence-electron chi connectivity index (χ3n) is 4.14. The van der Waals surface area contributed by atoms with Gasteiger partial charge in [0, 0.05) is 13.0 Å². The molecule has 1 aromatic rings. The third kappa shape index (κ3) is 7.69. The molecular formula is C20H31NO4. The smallest absolute Gasteiger partial charge is 0.311 e. The van der Waals surface area contributed by atoms with Gasteiger partial charge in [0.15, 0.2) is 0 Å². The first-order valence-electron chi connectivity index (χ1n) is 8.80. The summed E-state index contributed by atoms with van der Waals surface area (Å²) in [6.45, 7) is 6.98. The number of carbonyl (C=O) groups is 2. The summed E-state index contributed by atoms with van der Waals surface area (Å²) < 4.78 is 10.6. The van der Waals surface area contributed by atoms with E-state index in [-0.39, 0.29) is 18.5 Å². The molecule has 0 fully saturated rings. The highest BCUT2D eigenvalue weighted by Gasteiger charge is 2.29. The Labute approximate surface area is 151 Å². The fraction of sp³-hybridized carbons (Fsp3) is 0.600. The number of rotatable bonds is 10. The number of esters is 2. The molecule has 5 nitrogen and oxygen atoms in total. The van der Waals surface area contributed by atoms with Crippen LogP contribution in [0, 0.1) is 5.41 Å². The second kappa shape index (κ2) is 10.2. The van der Waals surface area contributed by atoms with E-state index in [4.69, 9.17) is 9.47 Å². The average Bonchev–Trinajstić information content (AvgIpc) is 2.58. The molecule has 0 radical (unpaired) electrons. The van der Waals surface area contributed by atoms with E-state index < -0.39 is 5.41 Å². The molecule has 0 aromatic heterocycles. The van der Waals surface area contributed by atoms with Crippen LogP contribution < -0.4 is 0 Å². The molecule has 0 amide bonds. The summed E-state index contributed by atoms with van der Waals surface area (Å²) in [4.78, 5) is 25.6. The lowest BCUT2D eigenvalue weighted by atomic mass is 9.85. The van der Waals surface area contributed by atoms with Gasteiger partial charge in [-0.25, -0.2) is 0 Å². The van der Waals surface area contributed by atoms with Crippen LogP contribution in [0.3, 0.4) is 0 Å². The quantitative estimate of drug-likeness (QED) is 0.607. The van der Waals surface area contributed by atoms with Crippen molar-refractivity contribution in [1.82, 2.24) is 4.90 Å². The average molecular weight is 349 g/mol. The van der Waals surface area contributed by atoms with Crippen LogP contribution in [-0.4, -0.2) is 44.1 Å². The van der Waals surface area contributed by atoms with Crippen LogP contribution >= 0.6 is 0 Å². The minimum atomic E-state index is -0.556. The monoisotopic (exact) mass is 349 g/mol.